The number of H-pyrrole nitrogens is 1. The summed E-state index contributed by atoms with van der Waals surface area (Å²) in [6.45, 7) is 3.68. The molecular weight excluding hydrogens is 318 g/mol. The molecule has 0 atom stereocenters. The van der Waals surface area contributed by atoms with Crippen LogP contribution in [0.25, 0.3) is 0 Å². The summed E-state index contributed by atoms with van der Waals surface area (Å²) < 4.78 is 5.40. The first-order valence-corrected chi connectivity index (χ1v) is 8.61. The Labute approximate surface area is 147 Å². The standard InChI is InChI=1S/C19H23N3O3/c1-19(2,24)11-9-13-7-8-17(25-13)18(23)20-12-10-16-14-5-3-4-6-15(14)21-22-16/h7-8,24H,3-6,10,12H2,1-2H3,(H,20,23)(H,21,22). The van der Waals surface area contributed by atoms with Gasteiger partial charge in [-0.05, 0) is 63.1 Å². The molecule has 1 aliphatic carbocycles. The highest BCUT2D eigenvalue weighted by Crippen LogP contribution is 2.22. The SMILES string of the molecule is CC(C)(O)C#Cc1ccc(C(=O)NCCc2n[nH]c3c2CCCC3)o1. The molecule has 0 fully saturated rings. The molecule has 2 aromatic rings. The number of nitrogens with one attached hydrogen (secondary N) is 2. The topological polar surface area (TPSA) is 91.1 Å². The predicted octanol–water partition coefficient (Wildman–Crippen LogP) is 1.98. The first-order chi connectivity index (χ1) is 11.9. The average Bonchev–Trinajstić information content (AvgIpc) is 3.19. The summed E-state index contributed by atoms with van der Waals surface area (Å²) in [6.07, 6.45) is 5.24. The molecule has 3 rings (SSSR count). The van der Waals surface area contributed by atoms with Gasteiger partial charge in [0.25, 0.3) is 5.91 Å². The Hall–Kier alpha value is -2.52. The van der Waals surface area contributed by atoms with Crippen molar-refractivity contribution in [3.8, 4) is 11.8 Å². The third-order valence-corrected chi connectivity index (χ3v) is 4.11. The van der Waals surface area contributed by atoms with Crippen LogP contribution in [0.4, 0.5) is 0 Å². The van der Waals surface area contributed by atoms with Crippen LogP contribution in [-0.2, 0) is 19.3 Å². The number of carbonyl (C=O) groups is 1. The second kappa shape index (κ2) is 7.16. The molecule has 2 heterocycles. The van der Waals surface area contributed by atoms with E-state index in [9.17, 15) is 9.90 Å². The second-order valence-corrected chi connectivity index (χ2v) is 6.81. The number of aliphatic hydroxyl groups is 1. The van der Waals surface area contributed by atoms with E-state index in [0.29, 0.717) is 18.7 Å². The van der Waals surface area contributed by atoms with Gasteiger partial charge in [-0.25, -0.2) is 0 Å². The van der Waals surface area contributed by atoms with Gasteiger partial charge >= 0.3 is 0 Å². The number of hydrogen-bond donors (Lipinski definition) is 3. The van der Waals surface area contributed by atoms with Crippen molar-refractivity contribution in [2.24, 2.45) is 0 Å². The molecule has 6 heteroatoms. The monoisotopic (exact) mass is 341 g/mol. The first-order valence-electron chi connectivity index (χ1n) is 8.61. The summed E-state index contributed by atoms with van der Waals surface area (Å²) in [5.74, 6) is 5.65. The fraction of sp³-hybridized carbons (Fsp3) is 0.474. The van der Waals surface area contributed by atoms with E-state index in [4.69, 9.17) is 4.42 Å². The van der Waals surface area contributed by atoms with Crippen LogP contribution in [0.3, 0.4) is 0 Å². The van der Waals surface area contributed by atoms with Crippen LogP contribution in [0.2, 0.25) is 0 Å². The highest BCUT2D eigenvalue weighted by atomic mass is 16.3. The predicted molar refractivity (Wildman–Crippen MR) is 93.2 cm³/mol. The normalized spacial score (nSPS) is 13.7. The maximum Gasteiger partial charge on any atom is 0.287 e. The van der Waals surface area contributed by atoms with Gasteiger partial charge in [0.15, 0.2) is 11.5 Å². The Balaban J connectivity index is 1.54. The van der Waals surface area contributed by atoms with Crippen LogP contribution in [0.5, 0.6) is 0 Å². The van der Waals surface area contributed by atoms with E-state index in [-0.39, 0.29) is 11.7 Å². The number of nitrogens with zero attached hydrogens (tertiary/aromatic N) is 1. The average molecular weight is 341 g/mol. The summed E-state index contributed by atoms with van der Waals surface area (Å²) in [7, 11) is 0. The summed E-state index contributed by atoms with van der Waals surface area (Å²) in [5.41, 5.74) is 2.51. The number of aryl methyl sites for hydroxylation is 1. The number of fused-ring (bicyclic) bond motifs is 1. The molecule has 0 saturated carbocycles. The molecule has 25 heavy (non-hydrogen) atoms. The molecule has 0 spiro atoms. The van der Waals surface area contributed by atoms with Crippen molar-refractivity contribution in [3.63, 3.8) is 0 Å². The molecule has 0 bridgehead atoms. The number of furan rings is 1. The third-order valence-electron chi connectivity index (χ3n) is 4.11. The van der Waals surface area contributed by atoms with E-state index < -0.39 is 5.60 Å². The Bertz CT molecular complexity index is 815. The maximum atomic E-state index is 12.1. The Morgan fingerprint density at radius 3 is 3.00 bits per heavy atom. The molecule has 1 aliphatic rings. The van der Waals surface area contributed by atoms with E-state index in [0.717, 1.165) is 18.5 Å². The number of hydrogen-bond acceptors (Lipinski definition) is 4. The van der Waals surface area contributed by atoms with E-state index in [1.165, 1.54) is 24.1 Å². The van der Waals surface area contributed by atoms with E-state index >= 15 is 0 Å². The number of aromatic amines is 1. The van der Waals surface area contributed by atoms with E-state index in [1.807, 2.05) is 0 Å². The van der Waals surface area contributed by atoms with Crippen molar-refractivity contribution in [3.05, 3.63) is 40.6 Å². The fourth-order valence-electron chi connectivity index (χ4n) is 2.88. The van der Waals surface area contributed by atoms with Gasteiger partial charge in [-0.15, -0.1) is 0 Å². The lowest BCUT2D eigenvalue weighted by atomic mass is 9.95. The Kier molecular flexibility index (Phi) is 4.95. The summed E-state index contributed by atoms with van der Waals surface area (Å²) in [6, 6.07) is 3.21. The van der Waals surface area contributed by atoms with Gasteiger partial charge in [0, 0.05) is 18.7 Å². The van der Waals surface area contributed by atoms with Crippen molar-refractivity contribution >= 4 is 5.91 Å². The summed E-state index contributed by atoms with van der Waals surface area (Å²) >= 11 is 0. The molecule has 0 unspecified atom stereocenters. The number of aromatic nitrogens is 2. The number of carbonyl (C=O) groups excluding carboxylic acids is 1. The molecule has 3 N–H and O–H groups in total. The van der Waals surface area contributed by atoms with Crippen molar-refractivity contribution in [2.45, 2.75) is 51.6 Å². The number of amides is 1. The van der Waals surface area contributed by atoms with Gasteiger partial charge in [-0.2, -0.15) is 5.10 Å². The summed E-state index contributed by atoms with van der Waals surface area (Å²) in [4.78, 5) is 12.1. The van der Waals surface area contributed by atoms with Crippen LogP contribution >= 0.6 is 0 Å². The van der Waals surface area contributed by atoms with Gasteiger partial charge in [-0.3, -0.25) is 9.89 Å². The molecule has 2 aromatic heterocycles. The zero-order valence-corrected chi connectivity index (χ0v) is 14.6. The molecule has 0 radical (unpaired) electrons. The quantitative estimate of drug-likeness (QED) is 0.742. The lowest BCUT2D eigenvalue weighted by molar-refractivity contribution is 0.0926. The Morgan fingerprint density at radius 2 is 2.20 bits per heavy atom. The molecule has 132 valence electrons. The smallest absolute Gasteiger partial charge is 0.287 e. The minimum absolute atomic E-state index is 0.212. The van der Waals surface area contributed by atoms with Crippen molar-refractivity contribution in [2.75, 3.05) is 6.54 Å². The van der Waals surface area contributed by atoms with Crippen LogP contribution < -0.4 is 5.32 Å². The fourth-order valence-corrected chi connectivity index (χ4v) is 2.88. The lowest BCUT2D eigenvalue weighted by Crippen LogP contribution is -2.25. The minimum atomic E-state index is -1.10. The molecule has 0 aromatic carbocycles. The van der Waals surface area contributed by atoms with E-state index in [2.05, 4.69) is 27.4 Å². The molecule has 1 amide bonds. The van der Waals surface area contributed by atoms with Gasteiger partial charge in [-0.1, -0.05) is 5.92 Å². The van der Waals surface area contributed by atoms with Gasteiger partial charge in [0.1, 0.15) is 5.60 Å². The minimum Gasteiger partial charge on any atom is -0.443 e. The van der Waals surface area contributed by atoms with E-state index in [1.54, 1.807) is 26.0 Å². The van der Waals surface area contributed by atoms with Crippen molar-refractivity contribution in [1.82, 2.24) is 15.5 Å². The Morgan fingerprint density at radius 1 is 1.40 bits per heavy atom. The van der Waals surface area contributed by atoms with Crippen LogP contribution in [0, 0.1) is 11.8 Å². The van der Waals surface area contributed by atoms with Crippen LogP contribution in [0.15, 0.2) is 16.5 Å². The van der Waals surface area contributed by atoms with Gasteiger partial charge in [0.05, 0.1) is 5.69 Å². The molecule has 0 aliphatic heterocycles. The van der Waals surface area contributed by atoms with Gasteiger partial charge in [0.2, 0.25) is 0 Å². The maximum absolute atomic E-state index is 12.1. The summed E-state index contributed by atoms with van der Waals surface area (Å²) in [5, 5.41) is 19.9. The van der Waals surface area contributed by atoms with Crippen molar-refractivity contribution < 1.29 is 14.3 Å². The third kappa shape index (κ3) is 4.52. The highest BCUT2D eigenvalue weighted by Gasteiger charge is 2.17. The lowest BCUT2D eigenvalue weighted by Gasteiger charge is -2.11. The largest absolute Gasteiger partial charge is 0.443 e. The van der Waals surface area contributed by atoms with Crippen molar-refractivity contribution in [1.29, 1.82) is 0 Å². The molecule has 6 nitrogen and oxygen atoms in total. The van der Waals surface area contributed by atoms with Crippen LogP contribution in [-0.4, -0.2) is 33.4 Å². The molecule has 0 saturated heterocycles. The highest BCUT2D eigenvalue weighted by molar-refractivity contribution is 5.91. The van der Waals surface area contributed by atoms with Gasteiger partial charge < -0.3 is 14.8 Å². The van der Waals surface area contributed by atoms with Crippen LogP contribution in [0.1, 0.15) is 60.0 Å². The number of rotatable bonds is 4. The molecular formula is C19H23N3O3. The zero-order chi connectivity index (χ0) is 17.9. The second-order valence-electron chi connectivity index (χ2n) is 6.81. The first kappa shape index (κ1) is 17.3. The zero-order valence-electron chi connectivity index (χ0n) is 14.6.